The Bertz CT molecular complexity index is 239. The van der Waals surface area contributed by atoms with Crippen molar-refractivity contribution >= 4 is 5.71 Å². The summed E-state index contributed by atoms with van der Waals surface area (Å²) >= 11 is 0. The van der Waals surface area contributed by atoms with Gasteiger partial charge in [0.05, 0.1) is 5.57 Å². The van der Waals surface area contributed by atoms with Crippen molar-refractivity contribution in [3.63, 3.8) is 0 Å². The molecule has 0 bridgehead atoms. The lowest BCUT2D eigenvalue weighted by atomic mass is 10.0. The molecule has 0 rings (SSSR count). The zero-order valence-corrected chi connectivity index (χ0v) is 10.2. The van der Waals surface area contributed by atoms with Crippen LogP contribution in [0, 0.1) is 0 Å². The van der Waals surface area contributed by atoms with E-state index in [0.29, 0.717) is 19.3 Å². The molecule has 0 spiro atoms. The molecule has 0 N–H and O–H groups in total. The van der Waals surface area contributed by atoms with Crippen molar-refractivity contribution in [1.82, 2.24) is 0 Å². The lowest BCUT2D eigenvalue weighted by Crippen LogP contribution is -2.20. The van der Waals surface area contributed by atoms with Gasteiger partial charge < -0.3 is 0 Å². The van der Waals surface area contributed by atoms with E-state index in [-0.39, 0.29) is 5.71 Å². The van der Waals surface area contributed by atoms with Crippen LogP contribution in [0.3, 0.4) is 0 Å². The number of halogens is 3. The molecule has 0 amide bonds. The Balaban J connectivity index is 0. The molecule has 0 unspecified atom stereocenters. The number of nitrogens with zero attached hydrogens (tertiary/aromatic N) is 1. The van der Waals surface area contributed by atoms with E-state index < -0.39 is 11.7 Å². The second-order valence-corrected chi connectivity index (χ2v) is 2.94. The molecule has 0 atom stereocenters. The molecule has 0 aromatic carbocycles. The smallest absolute Gasteiger partial charge is 0.292 e. The summed E-state index contributed by atoms with van der Waals surface area (Å²) < 4.78 is 37.6. The van der Waals surface area contributed by atoms with Gasteiger partial charge in [-0.1, -0.05) is 26.3 Å². The Kier molecular flexibility index (Phi) is 9.96. The second-order valence-electron chi connectivity index (χ2n) is 2.94. The second kappa shape index (κ2) is 9.19. The van der Waals surface area contributed by atoms with Gasteiger partial charge in [-0.05, 0) is 12.8 Å². The molecule has 94 valence electrons. The molecule has 4 heteroatoms. The zero-order valence-electron chi connectivity index (χ0n) is 10.2. The number of rotatable bonds is 4. The number of hydrogen-bond donors (Lipinski definition) is 0. The quantitative estimate of drug-likeness (QED) is 0.500. The highest BCUT2D eigenvalue weighted by Crippen LogP contribution is 2.28. The summed E-state index contributed by atoms with van der Waals surface area (Å²) in [6, 6.07) is 0. The van der Waals surface area contributed by atoms with Gasteiger partial charge in [-0.25, -0.2) is 0 Å². The average Bonchev–Trinajstić information content (AvgIpc) is 2.24. The number of aliphatic imine (C=N–C) groups is 1. The molecule has 16 heavy (non-hydrogen) atoms. The van der Waals surface area contributed by atoms with Gasteiger partial charge in [0.15, 0.2) is 0 Å². The van der Waals surface area contributed by atoms with E-state index in [9.17, 15) is 13.2 Å². The fourth-order valence-electron chi connectivity index (χ4n) is 1.21. The molecule has 0 aromatic rings. The lowest BCUT2D eigenvalue weighted by Gasteiger charge is -2.13. The number of hydrogen-bond acceptors (Lipinski definition) is 1. The molecular weight excluding hydrogens is 215 g/mol. The topological polar surface area (TPSA) is 12.4 Å². The highest BCUT2D eigenvalue weighted by atomic mass is 19.4. The van der Waals surface area contributed by atoms with Crippen LogP contribution in [0.25, 0.3) is 0 Å². The van der Waals surface area contributed by atoms with Crippen LogP contribution in [0.15, 0.2) is 29.8 Å². The first-order valence-corrected chi connectivity index (χ1v) is 5.20. The minimum atomic E-state index is -4.28. The van der Waals surface area contributed by atoms with Crippen molar-refractivity contribution in [3.05, 3.63) is 24.8 Å². The Morgan fingerprint density at radius 1 is 1.25 bits per heavy atom. The molecule has 0 aliphatic heterocycles. The Morgan fingerprint density at radius 2 is 1.75 bits per heavy atom. The predicted molar refractivity (Wildman–Crippen MR) is 64.0 cm³/mol. The van der Waals surface area contributed by atoms with E-state index in [1.165, 1.54) is 13.1 Å². The minimum Gasteiger partial charge on any atom is -0.292 e. The monoisotopic (exact) mass is 235 g/mol. The minimum absolute atomic E-state index is 0.154. The Hall–Kier alpha value is -1.06. The molecule has 0 saturated heterocycles. The normalized spacial score (nSPS) is 13.1. The van der Waals surface area contributed by atoms with Gasteiger partial charge in [0.1, 0.15) is 0 Å². The fourth-order valence-corrected chi connectivity index (χ4v) is 1.21. The van der Waals surface area contributed by atoms with Gasteiger partial charge in [0, 0.05) is 12.8 Å². The standard InChI is InChI=1S/C10H16F3N.C2H4/c1-4-6-8(10(11,12)13)9(14-3)7-5-2;1-2/h6H,4-5,7H2,1-3H3;1-2H2/b8-6+,14-9?;. The lowest BCUT2D eigenvalue weighted by molar-refractivity contribution is -0.0864. The SMILES string of the molecule is C=C.CC/C=C(\C(CCC)=NC)C(F)(F)F. The van der Waals surface area contributed by atoms with Crippen molar-refractivity contribution in [1.29, 1.82) is 0 Å². The third-order valence-electron chi connectivity index (χ3n) is 1.78. The van der Waals surface area contributed by atoms with Gasteiger partial charge >= 0.3 is 6.18 Å². The van der Waals surface area contributed by atoms with Crippen LogP contribution in [-0.2, 0) is 0 Å². The van der Waals surface area contributed by atoms with E-state index in [1.54, 1.807) is 6.92 Å². The molecular formula is C12H20F3N. The molecule has 0 aliphatic carbocycles. The van der Waals surface area contributed by atoms with Crippen molar-refractivity contribution in [2.45, 2.75) is 39.3 Å². The Morgan fingerprint density at radius 3 is 2.00 bits per heavy atom. The van der Waals surface area contributed by atoms with Gasteiger partial charge in [0.25, 0.3) is 0 Å². The number of allylic oxidation sites excluding steroid dienone is 2. The maximum absolute atomic E-state index is 12.5. The molecule has 0 saturated carbocycles. The maximum Gasteiger partial charge on any atom is 0.417 e. The summed E-state index contributed by atoms with van der Waals surface area (Å²) in [7, 11) is 1.40. The molecule has 0 aromatic heterocycles. The van der Waals surface area contributed by atoms with E-state index in [2.05, 4.69) is 18.2 Å². The number of alkyl halides is 3. The van der Waals surface area contributed by atoms with Crippen LogP contribution >= 0.6 is 0 Å². The van der Waals surface area contributed by atoms with Gasteiger partial charge in [0.2, 0.25) is 0 Å². The van der Waals surface area contributed by atoms with Crippen molar-refractivity contribution in [3.8, 4) is 0 Å². The summed E-state index contributed by atoms with van der Waals surface area (Å²) in [4.78, 5) is 3.69. The van der Waals surface area contributed by atoms with E-state index >= 15 is 0 Å². The summed E-state index contributed by atoms with van der Waals surface area (Å²) in [5, 5.41) is 0. The highest BCUT2D eigenvalue weighted by Gasteiger charge is 2.35. The summed E-state index contributed by atoms with van der Waals surface area (Å²) in [5.41, 5.74) is -0.425. The Labute approximate surface area is 95.8 Å². The van der Waals surface area contributed by atoms with Gasteiger partial charge in [-0.2, -0.15) is 13.2 Å². The highest BCUT2D eigenvalue weighted by molar-refractivity contribution is 6.01. The van der Waals surface area contributed by atoms with Crippen molar-refractivity contribution < 1.29 is 13.2 Å². The van der Waals surface area contributed by atoms with E-state index in [0.717, 1.165) is 0 Å². The van der Waals surface area contributed by atoms with Crippen molar-refractivity contribution in [2.75, 3.05) is 7.05 Å². The van der Waals surface area contributed by atoms with Crippen LogP contribution in [0.4, 0.5) is 13.2 Å². The van der Waals surface area contributed by atoms with E-state index in [4.69, 9.17) is 0 Å². The van der Waals surface area contributed by atoms with Crippen molar-refractivity contribution in [2.24, 2.45) is 4.99 Å². The largest absolute Gasteiger partial charge is 0.417 e. The first-order valence-electron chi connectivity index (χ1n) is 5.20. The van der Waals surface area contributed by atoms with Crippen LogP contribution in [-0.4, -0.2) is 18.9 Å². The third kappa shape index (κ3) is 6.43. The molecule has 0 heterocycles. The first kappa shape index (κ1) is 17.3. The third-order valence-corrected chi connectivity index (χ3v) is 1.78. The predicted octanol–water partition coefficient (Wildman–Crippen LogP) is 4.56. The summed E-state index contributed by atoms with van der Waals surface area (Å²) in [6.07, 6.45) is -1.67. The average molecular weight is 235 g/mol. The van der Waals surface area contributed by atoms with Crippen LogP contribution in [0.2, 0.25) is 0 Å². The molecule has 0 radical (unpaired) electrons. The first-order chi connectivity index (χ1) is 7.47. The van der Waals surface area contributed by atoms with Gasteiger partial charge in [-0.15, -0.1) is 13.2 Å². The summed E-state index contributed by atoms with van der Waals surface area (Å²) in [6.45, 7) is 9.52. The maximum atomic E-state index is 12.5. The fraction of sp³-hybridized carbons (Fsp3) is 0.583. The molecule has 1 nitrogen and oxygen atoms in total. The van der Waals surface area contributed by atoms with E-state index in [1.807, 2.05) is 6.92 Å². The van der Waals surface area contributed by atoms with Crippen LogP contribution in [0.5, 0.6) is 0 Å². The molecule has 0 aliphatic rings. The zero-order chi connectivity index (χ0) is 13.2. The summed E-state index contributed by atoms with van der Waals surface area (Å²) in [5.74, 6) is 0. The molecule has 0 fully saturated rings. The van der Waals surface area contributed by atoms with Crippen LogP contribution in [0.1, 0.15) is 33.1 Å². The van der Waals surface area contributed by atoms with Gasteiger partial charge in [-0.3, -0.25) is 4.99 Å². The van der Waals surface area contributed by atoms with Crippen LogP contribution < -0.4 is 0 Å².